The molecule has 1 saturated heterocycles. The van der Waals surface area contributed by atoms with Crippen molar-refractivity contribution in [2.75, 3.05) is 43.7 Å². The van der Waals surface area contributed by atoms with Crippen molar-refractivity contribution in [3.63, 3.8) is 0 Å². The first-order valence-electron chi connectivity index (χ1n) is 14.5. The van der Waals surface area contributed by atoms with Crippen LogP contribution in [-0.4, -0.2) is 82.2 Å². The molecule has 3 N–H and O–H groups in total. The van der Waals surface area contributed by atoms with E-state index in [0.29, 0.717) is 28.3 Å². The number of nitro groups is 1. The van der Waals surface area contributed by atoms with Gasteiger partial charge >= 0.3 is 0 Å². The molecule has 3 heterocycles. The normalized spacial score (nSPS) is 20.1. The Kier molecular flexibility index (Phi) is 8.18. The highest BCUT2D eigenvalue weighted by atomic mass is 32.2. The van der Waals surface area contributed by atoms with Crippen molar-refractivity contribution in [1.82, 2.24) is 29.5 Å². The summed E-state index contributed by atoms with van der Waals surface area (Å²) in [5.41, 5.74) is 7.02. The number of nitro benzene ring substituents is 1. The van der Waals surface area contributed by atoms with Gasteiger partial charge in [-0.15, -0.1) is 0 Å². The van der Waals surface area contributed by atoms with Gasteiger partial charge in [0, 0.05) is 49.4 Å². The number of nitrogens with one attached hydrogen (secondary N) is 1. The summed E-state index contributed by atoms with van der Waals surface area (Å²) in [7, 11) is -2.02. The van der Waals surface area contributed by atoms with Crippen molar-refractivity contribution in [2.24, 2.45) is 0 Å². The molecular formula is C29H34FN9O4S. The molecule has 0 atom stereocenters. The number of hydrogen-bond acceptors (Lipinski definition) is 10. The lowest BCUT2D eigenvalue weighted by atomic mass is 9.90. The van der Waals surface area contributed by atoms with E-state index in [1.165, 1.54) is 42.7 Å². The molecule has 232 valence electrons. The number of likely N-dealkylation sites (N-methyl/N-ethyl adjacent to an activating group) is 1. The lowest BCUT2D eigenvalue weighted by molar-refractivity contribution is -0.385. The maximum absolute atomic E-state index is 15.4. The summed E-state index contributed by atoms with van der Waals surface area (Å²) in [4.78, 5) is 24.2. The number of hydrogen-bond donors (Lipinski definition) is 2. The van der Waals surface area contributed by atoms with Crippen LogP contribution in [0.25, 0.3) is 22.3 Å². The van der Waals surface area contributed by atoms with Gasteiger partial charge in [-0.25, -0.2) is 27.5 Å². The van der Waals surface area contributed by atoms with E-state index in [-0.39, 0.29) is 28.8 Å². The van der Waals surface area contributed by atoms with E-state index in [9.17, 15) is 18.5 Å². The highest BCUT2D eigenvalue weighted by Crippen LogP contribution is 2.38. The van der Waals surface area contributed by atoms with E-state index in [1.807, 2.05) is 4.68 Å². The fourth-order valence-corrected chi connectivity index (χ4v) is 7.50. The minimum atomic E-state index is -4.17. The molecule has 15 heteroatoms. The number of aromatic nitrogens is 4. The largest absolute Gasteiger partial charge is 0.383 e. The van der Waals surface area contributed by atoms with E-state index >= 15 is 4.39 Å². The fraction of sp³-hybridized carbons (Fsp3) is 0.414. The van der Waals surface area contributed by atoms with Gasteiger partial charge in [-0.2, -0.15) is 5.10 Å². The molecule has 2 fully saturated rings. The van der Waals surface area contributed by atoms with Gasteiger partial charge < -0.3 is 10.6 Å². The van der Waals surface area contributed by atoms with Gasteiger partial charge in [0.15, 0.2) is 5.65 Å². The summed E-state index contributed by atoms with van der Waals surface area (Å²) < 4.78 is 45.1. The van der Waals surface area contributed by atoms with Crippen LogP contribution in [0.2, 0.25) is 0 Å². The first-order valence-corrected chi connectivity index (χ1v) is 16.2. The first-order chi connectivity index (χ1) is 21.1. The minimum absolute atomic E-state index is 0.00733. The zero-order valence-electron chi connectivity index (χ0n) is 24.3. The zero-order valence-corrected chi connectivity index (χ0v) is 25.1. The van der Waals surface area contributed by atoms with Gasteiger partial charge in [0.1, 0.15) is 29.4 Å². The number of rotatable bonds is 8. The third kappa shape index (κ3) is 6.07. The lowest BCUT2D eigenvalue weighted by Crippen LogP contribution is -2.49. The molecule has 2 aliphatic rings. The Balaban J connectivity index is 1.23. The summed E-state index contributed by atoms with van der Waals surface area (Å²) in [6, 6.07) is 10.2. The van der Waals surface area contributed by atoms with Crippen LogP contribution >= 0.6 is 0 Å². The molecule has 0 bridgehead atoms. The quantitative estimate of drug-likeness (QED) is 0.218. The van der Waals surface area contributed by atoms with E-state index < -0.39 is 26.5 Å². The fourth-order valence-electron chi connectivity index (χ4n) is 6.27. The lowest BCUT2D eigenvalue weighted by Gasteiger charge is -2.41. The number of nitrogens with zero attached hydrogens (tertiary/aromatic N) is 7. The van der Waals surface area contributed by atoms with Crippen molar-refractivity contribution >= 4 is 38.2 Å². The Morgan fingerprint density at radius 3 is 2.45 bits per heavy atom. The van der Waals surface area contributed by atoms with E-state index in [4.69, 9.17) is 10.8 Å². The van der Waals surface area contributed by atoms with Crippen molar-refractivity contribution in [2.45, 2.75) is 43.5 Å². The maximum atomic E-state index is 15.4. The van der Waals surface area contributed by atoms with Crippen LogP contribution < -0.4 is 10.5 Å². The monoisotopic (exact) mass is 623 g/mol. The molecular weight excluding hydrogens is 589 g/mol. The second kappa shape index (κ2) is 12.1. The number of halogens is 1. The molecule has 13 nitrogen and oxygen atoms in total. The van der Waals surface area contributed by atoms with Crippen LogP contribution in [-0.2, 0) is 15.8 Å². The van der Waals surface area contributed by atoms with Crippen molar-refractivity contribution in [3.05, 3.63) is 70.3 Å². The van der Waals surface area contributed by atoms with Gasteiger partial charge in [-0.3, -0.25) is 19.7 Å². The van der Waals surface area contributed by atoms with Crippen molar-refractivity contribution < 1.29 is 17.7 Å². The molecule has 6 rings (SSSR count). The molecule has 0 amide bonds. The number of anilines is 2. The Labute approximate surface area is 254 Å². The van der Waals surface area contributed by atoms with Gasteiger partial charge in [-0.05, 0) is 44.9 Å². The van der Waals surface area contributed by atoms with E-state index in [2.05, 4.69) is 31.5 Å². The molecule has 1 aliphatic carbocycles. The number of sulfonamides is 1. The van der Waals surface area contributed by atoms with E-state index in [1.54, 1.807) is 6.07 Å². The van der Waals surface area contributed by atoms with Gasteiger partial charge in [0.25, 0.3) is 5.69 Å². The van der Waals surface area contributed by atoms with Crippen LogP contribution in [0.5, 0.6) is 0 Å². The molecule has 0 spiro atoms. The van der Waals surface area contributed by atoms with Crippen LogP contribution in [0.3, 0.4) is 0 Å². The molecule has 0 unspecified atom stereocenters. The van der Waals surface area contributed by atoms with Gasteiger partial charge in [0.05, 0.1) is 22.0 Å². The Hall–Kier alpha value is -4.21. The molecule has 2 aromatic heterocycles. The summed E-state index contributed by atoms with van der Waals surface area (Å²) >= 11 is 0. The highest BCUT2D eigenvalue weighted by molar-refractivity contribution is 7.91. The van der Waals surface area contributed by atoms with Crippen LogP contribution in [0.15, 0.2) is 48.8 Å². The van der Waals surface area contributed by atoms with Gasteiger partial charge in [0.2, 0.25) is 10.0 Å². The SMILES string of the molecule is CN1CCN(C2CCC(n3nc(-c4ccc(NS(=O)(=O)Cc5ccccc5[N+](=O)[O-])c(F)c4)c4c(N)ncnc43)CC2)CC1. The van der Waals surface area contributed by atoms with Crippen LogP contribution in [0, 0.1) is 15.9 Å². The molecule has 1 saturated carbocycles. The van der Waals surface area contributed by atoms with E-state index in [0.717, 1.165) is 51.9 Å². The third-order valence-electron chi connectivity index (χ3n) is 8.63. The van der Waals surface area contributed by atoms with Crippen molar-refractivity contribution in [3.8, 4) is 11.3 Å². The third-order valence-corrected chi connectivity index (χ3v) is 9.85. The minimum Gasteiger partial charge on any atom is -0.383 e. The molecule has 2 aromatic carbocycles. The van der Waals surface area contributed by atoms with Gasteiger partial charge in [-0.1, -0.05) is 24.3 Å². The molecule has 1 aliphatic heterocycles. The standard InChI is InChI=1S/C29H34FN9O4S/c1-36-12-14-37(15-13-36)21-7-9-22(10-8-21)38-29-26(28(31)32-18-33-29)27(34-38)19-6-11-24(23(30)16-19)35-44(42,43)17-20-4-2-3-5-25(20)39(40)41/h2-6,11,16,18,21-22,35H,7-10,12-15,17H2,1H3,(H2,31,32,33). The smallest absolute Gasteiger partial charge is 0.273 e. The number of para-hydroxylation sites is 1. The Bertz CT molecular complexity index is 1800. The highest BCUT2D eigenvalue weighted by Gasteiger charge is 2.31. The summed E-state index contributed by atoms with van der Waals surface area (Å²) in [5.74, 6) is -1.30. The maximum Gasteiger partial charge on any atom is 0.273 e. The van der Waals surface area contributed by atoms with Crippen molar-refractivity contribution in [1.29, 1.82) is 0 Å². The molecule has 0 radical (unpaired) electrons. The average Bonchev–Trinajstić information content (AvgIpc) is 3.40. The zero-order chi connectivity index (χ0) is 31.0. The second-order valence-corrected chi connectivity index (χ2v) is 13.2. The average molecular weight is 624 g/mol. The number of piperazine rings is 1. The number of benzene rings is 2. The number of nitrogens with two attached hydrogens (primary N) is 1. The van der Waals surface area contributed by atoms with Crippen LogP contribution in [0.1, 0.15) is 37.3 Å². The van der Waals surface area contributed by atoms with Crippen LogP contribution in [0.4, 0.5) is 21.6 Å². The summed E-state index contributed by atoms with van der Waals surface area (Å²) in [6.07, 6.45) is 5.32. The molecule has 4 aromatic rings. The summed E-state index contributed by atoms with van der Waals surface area (Å²) in [5, 5.41) is 16.7. The molecule has 44 heavy (non-hydrogen) atoms. The second-order valence-electron chi connectivity index (χ2n) is 11.5. The Morgan fingerprint density at radius 2 is 1.75 bits per heavy atom. The topological polar surface area (TPSA) is 165 Å². The number of nitrogen functional groups attached to an aromatic ring is 1. The Morgan fingerprint density at radius 1 is 1.05 bits per heavy atom. The predicted octanol–water partition coefficient (Wildman–Crippen LogP) is 3.80. The number of fused-ring (bicyclic) bond motifs is 1. The summed E-state index contributed by atoms with van der Waals surface area (Å²) in [6.45, 7) is 4.31. The predicted molar refractivity (Wildman–Crippen MR) is 165 cm³/mol. The first kappa shape index (κ1) is 29.8.